The van der Waals surface area contributed by atoms with Crippen LogP contribution < -0.4 is 14.2 Å². The molecule has 0 unspecified atom stereocenters. The van der Waals surface area contributed by atoms with Gasteiger partial charge >= 0.3 is 11.9 Å². The number of aryl methyl sites for hydroxylation is 1. The zero-order valence-corrected chi connectivity index (χ0v) is 24.7. The second-order valence-electron chi connectivity index (χ2n) is 9.85. The summed E-state index contributed by atoms with van der Waals surface area (Å²) in [5.41, 5.74) is 5.15. The van der Waals surface area contributed by atoms with E-state index in [-0.39, 0.29) is 0 Å². The van der Waals surface area contributed by atoms with Crippen molar-refractivity contribution in [3.63, 3.8) is 0 Å². The first-order chi connectivity index (χ1) is 21.4. The fourth-order valence-electron chi connectivity index (χ4n) is 4.03. The van der Waals surface area contributed by atoms with Gasteiger partial charge in [-0.25, -0.2) is 9.59 Å². The van der Waals surface area contributed by atoms with Gasteiger partial charge in [-0.2, -0.15) is 0 Å². The molecule has 0 saturated carbocycles. The summed E-state index contributed by atoms with van der Waals surface area (Å²) >= 11 is 0. The lowest BCUT2D eigenvalue weighted by Gasteiger charge is -2.09. The predicted octanol–water partition coefficient (Wildman–Crippen LogP) is 8.08. The smallest absolute Gasteiger partial charge is 0.343 e. The van der Waals surface area contributed by atoms with E-state index in [1.807, 2.05) is 67.6 Å². The molecule has 0 amide bonds. The topological polar surface area (TPSA) is 83.4 Å². The molecule has 7 heteroatoms. The molecule has 0 saturated heterocycles. The monoisotopic (exact) mass is 589 g/mol. The standard InChI is InChI=1S/C37H35NO6/c1-4-28-8-10-30(11-9-28)26-43-33-16-12-29(13-17-33)25-38-35-21-20-34(24-27(35)3)44-37(40)31-14-18-32(19-15-31)41-22-6-7-23-42-36(39)5-2/h4-5,8-21,24-25H,1-2,6-7,22-23,26H2,3H3/b38-25+. The average molecular weight is 590 g/mol. The maximum absolute atomic E-state index is 12.7. The molecule has 0 radical (unpaired) electrons. The normalized spacial score (nSPS) is 10.7. The molecule has 0 atom stereocenters. The highest BCUT2D eigenvalue weighted by Gasteiger charge is 2.10. The van der Waals surface area contributed by atoms with Gasteiger partial charge in [0.25, 0.3) is 0 Å². The number of carbonyl (C=O) groups excluding carboxylic acids is 2. The zero-order chi connectivity index (χ0) is 31.1. The summed E-state index contributed by atoms with van der Waals surface area (Å²) in [6, 6.07) is 27.9. The van der Waals surface area contributed by atoms with Crippen molar-refractivity contribution in [1.29, 1.82) is 0 Å². The molecule has 44 heavy (non-hydrogen) atoms. The number of benzene rings is 4. The molecule has 7 nitrogen and oxygen atoms in total. The number of carbonyl (C=O) groups is 2. The Balaban J connectivity index is 1.23. The Hall–Kier alpha value is -5.43. The number of aliphatic imine (C=N–C) groups is 1. The molecule has 0 heterocycles. The van der Waals surface area contributed by atoms with Crippen LogP contribution in [0.2, 0.25) is 0 Å². The van der Waals surface area contributed by atoms with Crippen LogP contribution in [0.5, 0.6) is 17.2 Å². The van der Waals surface area contributed by atoms with Crippen LogP contribution in [0.15, 0.2) is 115 Å². The van der Waals surface area contributed by atoms with Crippen molar-refractivity contribution >= 4 is 29.9 Å². The first kappa shape index (κ1) is 31.5. The highest BCUT2D eigenvalue weighted by atomic mass is 16.5. The summed E-state index contributed by atoms with van der Waals surface area (Å²) < 4.78 is 22.1. The Bertz CT molecular complexity index is 1590. The maximum atomic E-state index is 12.7. The van der Waals surface area contributed by atoms with Crippen LogP contribution in [-0.4, -0.2) is 31.4 Å². The minimum absolute atomic E-state index is 0.323. The van der Waals surface area contributed by atoms with Gasteiger partial charge in [0, 0.05) is 12.3 Å². The lowest BCUT2D eigenvalue weighted by molar-refractivity contribution is -0.137. The van der Waals surface area contributed by atoms with Crippen molar-refractivity contribution < 1.29 is 28.5 Å². The van der Waals surface area contributed by atoms with Gasteiger partial charge < -0.3 is 18.9 Å². The average Bonchev–Trinajstić information content (AvgIpc) is 3.05. The molecular formula is C37H35NO6. The Labute approximate surface area is 258 Å². The van der Waals surface area contributed by atoms with Crippen LogP contribution in [0.3, 0.4) is 0 Å². The van der Waals surface area contributed by atoms with E-state index in [2.05, 4.69) is 18.2 Å². The van der Waals surface area contributed by atoms with E-state index in [1.165, 1.54) is 0 Å². The van der Waals surface area contributed by atoms with Gasteiger partial charge in [-0.05, 0) is 109 Å². The number of esters is 2. The van der Waals surface area contributed by atoms with Gasteiger partial charge in [-0.3, -0.25) is 4.99 Å². The second kappa shape index (κ2) is 16.3. The van der Waals surface area contributed by atoms with E-state index in [1.54, 1.807) is 42.6 Å². The van der Waals surface area contributed by atoms with Crippen molar-refractivity contribution in [2.45, 2.75) is 26.4 Å². The van der Waals surface area contributed by atoms with Crippen molar-refractivity contribution in [3.05, 3.63) is 138 Å². The molecule has 0 bridgehead atoms. The molecule has 0 fully saturated rings. The van der Waals surface area contributed by atoms with Crippen LogP contribution >= 0.6 is 0 Å². The van der Waals surface area contributed by atoms with Gasteiger partial charge in [-0.1, -0.05) is 43.5 Å². The maximum Gasteiger partial charge on any atom is 0.343 e. The van der Waals surface area contributed by atoms with E-state index in [9.17, 15) is 9.59 Å². The molecule has 0 spiro atoms. The SMILES string of the molecule is C=CC(=O)OCCCCOc1ccc(C(=O)Oc2ccc(/N=C/c3ccc(OCc4ccc(C=C)cc4)cc3)c(C)c2)cc1. The Morgan fingerprint density at radius 2 is 1.39 bits per heavy atom. The van der Waals surface area contributed by atoms with E-state index in [0.29, 0.717) is 43.3 Å². The first-order valence-electron chi connectivity index (χ1n) is 14.3. The molecule has 0 aliphatic heterocycles. The van der Waals surface area contributed by atoms with Gasteiger partial charge in [0.05, 0.1) is 24.5 Å². The Kier molecular flexibility index (Phi) is 11.7. The van der Waals surface area contributed by atoms with Crippen molar-refractivity contribution in [1.82, 2.24) is 0 Å². The minimum Gasteiger partial charge on any atom is -0.494 e. The number of hydrogen-bond acceptors (Lipinski definition) is 7. The van der Waals surface area contributed by atoms with Crippen molar-refractivity contribution in [2.75, 3.05) is 13.2 Å². The number of hydrogen-bond donors (Lipinski definition) is 0. The summed E-state index contributed by atoms with van der Waals surface area (Å²) in [6.45, 7) is 10.3. The van der Waals surface area contributed by atoms with Crippen molar-refractivity contribution in [2.24, 2.45) is 4.99 Å². The van der Waals surface area contributed by atoms with Gasteiger partial charge in [0.1, 0.15) is 23.9 Å². The fraction of sp³-hybridized carbons (Fsp3) is 0.162. The zero-order valence-electron chi connectivity index (χ0n) is 24.7. The van der Waals surface area contributed by atoms with E-state index in [4.69, 9.17) is 18.9 Å². The number of ether oxygens (including phenoxy) is 4. The molecule has 4 aromatic carbocycles. The van der Waals surface area contributed by atoms with Gasteiger partial charge in [0.15, 0.2) is 0 Å². The van der Waals surface area contributed by atoms with Crippen LogP contribution in [-0.2, 0) is 16.1 Å². The van der Waals surface area contributed by atoms with Crippen LogP contribution in [0.4, 0.5) is 5.69 Å². The lowest BCUT2D eigenvalue weighted by Crippen LogP contribution is -2.08. The lowest BCUT2D eigenvalue weighted by atomic mass is 10.1. The molecule has 0 aliphatic rings. The predicted molar refractivity (Wildman–Crippen MR) is 173 cm³/mol. The minimum atomic E-state index is -0.465. The first-order valence-corrected chi connectivity index (χ1v) is 14.3. The van der Waals surface area contributed by atoms with Crippen LogP contribution in [0.1, 0.15) is 45.5 Å². The molecule has 0 aromatic heterocycles. The van der Waals surface area contributed by atoms with Gasteiger partial charge in [0.2, 0.25) is 0 Å². The Morgan fingerprint density at radius 1 is 0.750 bits per heavy atom. The third-order valence-electron chi connectivity index (χ3n) is 6.54. The van der Waals surface area contributed by atoms with E-state index >= 15 is 0 Å². The highest BCUT2D eigenvalue weighted by molar-refractivity contribution is 5.91. The highest BCUT2D eigenvalue weighted by Crippen LogP contribution is 2.25. The van der Waals surface area contributed by atoms with E-state index < -0.39 is 11.9 Å². The summed E-state index contributed by atoms with van der Waals surface area (Å²) in [5, 5.41) is 0. The van der Waals surface area contributed by atoms with E-state index in [0.717, 1.165) is 46.2 Å². The van der Waals surface area contributed by atoms with Crippen LogP contribution in [0, 0.1) is 6.92 Å². The summed E-state index contributed by atoms with van der Waals surface area (Å²) in [4.78, 5) is 28.3. The second-order valence-corrected chi connectivity index (χ2v) is 9.85. The molecule has 224 valence electrons. The third-order valence-corrected chi connectivity index (χ3v) is 6.54. The fourth-order valence-corrected chi connectivity index (χ4v) is 4.03. The summed E-state index contributed by atoms with van der Waals surface area (Å²) in [7, 11) is 0. The number of unbranched alkanes of at least 4 members (excludes halogenated alkanes) is 1. The molecule has 4 rings (SSSR count). The molecule has 0 aliphatic carbocycles. The van der Waals surface area contributed by atoms with Gasteiger partial charge in [-0.15, -0.1) is 0 Å². The Morgan fingerprint density at radius 3 is 2.07 bits per heavy atom. The molecule has 0 N–H and O–H groups in total. The summed E-state index contributed by atoms with van der Waals surface area (Å²) in [6.07, 6.45) is 6.15. The molecule has 4 aromatic rings. The third kappa shape index (κ3) is 9.84. The summed E-state index contributed by atoms with van der Waals surface area (Å²) in [5.74, 6) is 0.955. The van der Waals surface area contributed by atoms with Crippen LogP contribution in [0.25, 0.3) is 6.08 Å². The molecular weight excluding hydrogens is 554 g/mol. The quantitative estimate of drug-likeness (QED) is 0.0458. The largest absolute Gasteiger partial charge is 0.494 e. The number of rotatable bonds is 15. The van der Waals surface area contributed by atoms with Crippen molar-refractivity contribution in [3.8, 4) is 17.2 Å². The number of nitrogens with zero attached hydrogens (tertiary/aromatic N) is 1.